The minimum Gasteiger partial charge on any atom is -0.507 e. The molecular weight excluding hydrogens is 324 g/mol. The highest BCUT2D eigenvalue weighted by atomic mass is 16.3. The van der Waals surface area contributed by atoms with Gasteiger partial charge in [-0.25, -0.2) is 4.79 Å². The molecule has 0 aliphatic heterocycles. The number of H-pyrrole nitrogens is 1. The van der Waals surface area contributed by atoms with Crippen molar-refractivity contribution in [2.24, 2.45) is 0 Å². The van der Waals surface area contributed by atoms with Crippen LogP contribution in [-0.4, -0.2) is 15.1 Å². The normalized spacial score (nSPS) is 11.2. The molecule has 0 saturated heterocycles. The summed E-state index contributed by atoms with van der Waals surface area (Å²) in [5.41, 5.74) is 2.41. The van der Waals surface area contributed by atoms with Gasteiger partial charge in [-0.15, -0.1) is 0 Å². The van der Waals surface area contributed by atoms with Crippen molar-refractivity contribution in [1.82, 2.24) is 9.97 Å². The van der Waals surface area contributed by atoms with Crippen LogP contribution in [0.25, 0.3) is 34.2 Å². The van der Waals surface area contributed by atoms with Crippen LogP contribution < -0.4 is 5.69 Å². The zero-order valence-corrected chi connectivity index (χ0v) is 13.9. The summed E-state index contributed by atoms with van der Waals surface area (Å²) in [4.78, 5) is 18.7. The molecule has 0 aliphatic rings. The first-order valence-electron chi connectivity index (χ1n) is 8.26. The van der Waals surface area contributed by atoms with Crippen LogP contribution >= 0.6 is 0 Å². The van der Waals surface area contributed by atoms with Crippen molar-refractivity contribution >= 4 is 22.9 Å². The zero-order chi connectivity index (χ0) is 17.9. The second kappa shape index (κ2) is 6.69. The van der Waals surface area contributed by atoms with Crippen LogP contribution in [0.4, 0.5) is 0 Å². The van der Waals surface area contributed by atoms with E-state index in [2.05, 4.69) is 9.97 Å². The van der Waals surface area contributed by atoms with E-state index in [-0.39, 0.29) is 5.75 Å². The van der Waals surface area contributed by atoms with E-state index >= 15 is 0 Å². The molecule has 4 rings (SSSR count). The molecule has 4 aromatic rings. The average molecular weight is 340 g/mol. The van der Waals surface area contributed by atoms with Crippen LogP contribution in [0.1, 0.15) is 11.3 Å². The highest BCUT2D eigenvalue weighted by Crippen LogP contribution is 2.28. The zero-order valence-electron chi connectivity index (χ0n) is 13.9. The quantitative estimate of drug-likeness (QED) is 0.578. The summed E-state index contributed by atoms with van der Waals surface area (Å²) >= 11 is 0. The van der Waals surface area contributed by atoms with Crippen LogP contribution in [0.15, 0.2) is 77.6 Å². The van der Waals surface area contributed by atoms with Gasteiger partial charge < -0.3 is 10.1 Å². The minimum absolute atomic E-state index is 0.194. The van der Waals surface area contributed by atoms with Gasteiger partial charge in [0.1, 0.15) is 5.75 Å². The Hall–Kier alpha value is -3.66. The Balaban J connectivity index is 1.78. The number of nitrogens with zero attached hydrogens (tertiary/aromatic N) is 1. The van der Waals surface area contributed by atoms with Crippen LogP contribution in [-0.2, 0) is 0 Å². The lowest BCUT2D eigenvalue weighted by Crippen LogP contribution is -2.12. The van der Waals surface area contributed by atoms with E-state index < -0.39 is 5.69 Å². The Morgan fingerprint density at radius 2 is 1.65 bits per heavy atom. The molecule has 0 atom stereocenters. The maximum Gasteiger partial charge on any atom is 0.345 e. The van der Waals surface area contributed by atoms with Crippen molar-refractivity contribution in [3.8, 4) is 17.0 Å². The lowest BCUT2D eigenvalue weighted by atomic mass is 10.0. The standard InChI is InChI=1S/C22H16N2O2/c25-21-13-10-15-6-4-5-9-18(15)19(21)12-11-17-14-20(24-22(26)23-17)16-7-2-1-3-8-16/h1-14,25H,(H,23,24,26)/b12-11+. The fraction of sp³-hybridized carbons (Fsp3) is 0. The highest BCUT2D eigenvalue weighted by molar-refractivity contribution is 5.95. The van der Waals surface area contributed by atoms with Gasteiger partial charge >= 0.3 is 5.69 Å². The second-order valence-electron chi connectivity index (χ2n) is 5.95. The third kappa shape index (κ3) is 3.13. The number of fused-ring (bicyclic) bond motifs is 1. The van der Waals surface area contributed by atoms with Crippen molar-refractivity contribution in [3.05, 3.63) is 94.5 Å². The van der Waals surface area contributed by atoms with Crippen LogP contribution in [0.3, 0.4) is 0 Å². The van der Waals surface area contributed by atoms with Crippen molar-refractivity contribution in [2.45, 2.75) is 0 Å². The molecule has 0 spiro atoms. The second-order valence-corrected chi connectivity index (χ2v) is 5.95. The molecule has 0 saturated carbocycles. The maximum absolute atomic E-state index is 11.9. The molecule has 4 heteroatoms. The molecule has 0 unspecified atom stereocenters. The number of hydrogen-bond acceptors (Lipinski definition) is 3. The number of benzene rings is 3. The first-order valence-corrected chi connectivity index (χ1v) is 8.26. The summed E-state index contributed by atoms with van der Waals surface area (Å²) in [6.07, 6.45) is 3.58. The molecule has 26 heavy (non-hydrogen) atoms. The monoisotopic (exact) mass is 340 g/mol. The fourth-order valence-electron chi connectivity index (χ4n) is 2.96. The van der Waals surface area contributed by atoms with Crippen LogP contribution in [0.2, 0.25) is 0 Å². The molecule has 0 amide bonds. The number of phenols is 1. The molecule has 0 bridgehead atoms. The van der Waals surface area contributed by atoms with Crippen molar-refractivity contribution in [2.75, 3.05) is 0 Å². The van der Waals surface area contributed by atoms with E-state index in [9.17, 15) is 9.90 Å². The van der Waals surface area contributed by atoms with Crippen molar-refractivity contribution < 1.29 is 5.11 Å². The smallest absolute Gasteiger partial charge is 0.345 e. The Morgan fingerprint density at radius 1 is 0.885 bits per heavy atom. The summed E-state index contributed by atoms with van der Waals surface area (Å²) in [5, 5.41) is 12.2. The SMILES string of the molecule is O=c1nc(-c2ccccc2)cc(/C=C/c2c(O)ccc3ccccc23)[nH]1. The van der Waals surface area contributed by atoms with Gasteiger partial charge in [0, 0.05) is 16.8 Å². The summed E-state index contributed by atoms with van der Waals surface area (Å²) in [7, 11) is 0. The number of aromatic hydroxyl groups is 1. The van der Waals surface area contributed by atoms with Gasteiger partial charge in [-0.05, 0) is 35.1 Å². The predicted molar refractivity (Wildman–Crippen MR) is 105 cm³/mol. The highest BCUT2D eigenvalue weighted by Gasteiger charge is 2.05. The van der Waals surface area contributed by atoms with Crippen molar-refractivity contribution in [1.29, 1.82) is 0 Å². The topological polar surface area (TPSA) is 66.0 Å². The molecular formula is C22H16N2O2. The molecule has 3 aromatic carbocycles. The number of hydrogen-bond donors (Lipinski definition) is 2. The van der Waals surface area contributed by atoms with Gasteiger partial charge in [-0.1, -0.05) is 60.7 Å². The molecule has 0 radical (unpaired) electrons. The van der Waals surface area contributed by atoms with Crippen LogP contribution in [0, 0.1) is 0 Å². The number of aromatic amines is 1. The average Bonchev–Trinajstić information content (AvgIpc) is 2.67. The van der Waals surface area contributed by atoms with E-state index in [4.69, 9.17) is 0 Å². The van der Waals surface area contributed by atoms with Gasteiger partial charge in [0.2, 0.25) is 0 Å². The van der Waals surface area contributed by atoms with E-state index in [1.807, 2.05) is 66.7 Å². The van der Waals surface area contributed by atoms with E-state index in [1.165, 1.54) is 0 Å². The summed E-state index contributed by atoms with van der Waals surface area (Å²) in [6.45, 7) is 0. The van der Waals surface area contributed by atoms with Gasteiger partial charge in [0.15, 0.2) is 0 Å². The number of rotatable bonds is 3. The number of nitrogens with one attached hydrogen (secondary N) is 1. The molecule has 0 fully saturated rings. The predicted octanol–water partition coefficient (Wildman–Crippen LogP) is 4.47. The van der Waals surface area contributed by atoms with E-state index in [0.717, 1.165) is 16.3 Å². The Labute approximate surface area is 150 Å². The Kier molecular flexibility index (Phi) is 4.07. The molecule has 2 N–H and O–H groups in total. The van der Waals surface area contributed by atoms with Gasteiger partial charge in [0.25, 0.3) is 0 Å². The Bertz CT molecular complexity index is 1160. The third-order valence-corrected chi connectivity index (χ3v) is 4.21. The molecule has 126 valence electrons. The number of aromatic nitrogens is 2. The fourth-order valence-corrected chi connectivity index (χ4v) is 2.96. The summed E-state index contributed by atoms with van der Waals surface area (Å²) < 4.78 is 0. The van der Waals surface area contributed by atoms with Gasteiger partial charge in [-0.2, -0.15) is 4.98 Å². The number of phenolic OH excluding ortho intramolecular Hbond substituents is 1. The first-order chi connectivity index (χ1) is 12.7. The lowest BCUT2D eigenvalue weighted by molar-refractivity contribution is 0.475. The minimum atomic E-state index is -0.409. The van der Waals surface area contributed by atoms with Crippen molar-refractivity contribution in [3.63, 3.8) is 0 Å². The molecule has 4 nitrogen and oxygen atoms in total. The third-order valence-electron chi connectivity index (χ3n) is 4.21. The maximum atomic E-state index is 11.9. The van der Waals surface area contributed by atoms with E-state index in [1.54, 1.807) is 18.2 Å². The van der Waals surface area contributed by atoms with Crippen LogP contribution in [0.5, 0.6) is 5.75 Å². The largest absolute Gasteiger partial charge is 0.507 e. The Morgan fingerprint density at radius 3 is 2.50 bits per heavy atom. The van der Waals surface area contributed by atoms with E-state index in [0.29, 0.717) is 17.0 Å². The first kappa shape index (κ1) is 15.8. The molecule has 1 aromatic heterocycles. The lowest BCUT2D eigenvalue weighted by Gasteiger charge is -2.05. The van der Waals surface area contributed by atoms with Gasteiger partial charge in [0.05, 0.1) is 5.69 Å². The molecule has 1 heterocycles. The molecule has 0 aliphatic carbocycles. The van der Waals surface area contributed by atoms with Gasteiger partial charge in [-0.3, -0.25) is 0 Å². The summed E-state index contributed by atoms with van der Waals surface area (Å²) in [6, 6.07) is 22.8. The summed E-state index contributed by atoms with van der Waals surface area (Å²) in [5.74, 6) is 0.194.